The predicted molar refractivity (Wildman–Crippen MR) is 120 cm³/mol. The quantitative estimate of drug-likeness (QED) is 0.646. The molecule has 1 amide bonds. The van der Waals surface area contributed by atoms with Gasteiger partial charge in [-0.05, 0) is 48.9 Å². The number of nitrogens with zero attached hydrogens (tertiary/aromatic N) is 1. The van der Waals surface area contributed by atoms with Gasteiger partial charge in [-0.25, -0.2) is 4.39 Å². The van der Waals surface area contributed by atoms with E-state index in [0.29, 0.717) is 35.2 Å². The minimum absolute atomic E-state index is 0.0391. The summed E-state index contributed by atoms with van der Waals surface area (Å²) in [6.45, 7) is 0.600. The van der Waals surface area contributed by atoms with Crippen LogP contribution in [0, 0.1) is 11.7 Å². The molecule has 31 heavy (non-hydrogen) atoms. The molecule has 3 aliphatic rings. The van der Waals surface area contributed by atoms with Gasteiger partial charge in [-0.2, -0.15) is 0 Å². The summed E-state index contributed by atoms with van der Waals surface area (Å²) in [6, 6.07) is 10.1. The molecule has 3 atom stereocenters. The number of hydrogen-bond acceptors (Lipinski definition) is 3. The van der Waals surface area contributed by atoms with E-state index in [1.54, 1.807) is 24.3 Å². The molecule has 2 N–H and O–H groups in total. The Labute approximate surface area is 191 Å². The molecule has 0 radical (unpaired) electrons. The SMILES string of the molecule is O=C1Nc2cc(Cl)ccc2[C@@]12[C@@H](c1cccc(Cl)c1F)C[C@H](CO)N2CC1CCCC1. The van der Waals surface area contributed by atoms with Gasteiger partial charge in [-0.15, -0.1) is 0 Å². The zero-order valence-corrected chi connectivity index (χ0v) is 18.6. The van der Waals surface area contributed by atoms with Crippen LogP contribution in [0.1, 0.15) is 49.1 Å². The molecular formula is C24H25Cl2FN2O2. The number of halogens is 3. The van der Waals surface area contributed by atoms with Gasteiger partial charge in [0.05, 0.1) is 11.6 Å². The maximum Gasteiger partial charge on any atom is 0.250 e. The highest BCUT2D eigenvalue weighted by molar-refractivity contribution is 6.31. The van der Waals surface area contributed by atoms with Crippen molar-refractivity contribution in [1.29, 1.82) is 0 Å². The zero-order valence-electron chi connectivity index (χ0n) is 17.1. The molecule has 2 fully saturated rings. The van der Waals surface area contributed by atoms with Crippen LogP contribution in [-0.4, -0.2) is 35.1 Å². The fraction of sp³-hybridized carbons (Fsp3) is 0.458. The van der Waals surface area contributed by atoms with Gasteiger partial charge < -0.3 is 10.4 Å². The first-order valence-corrected chi connectivity index (χ1v) is 11.7. The van der Waals surface area contributed by atoms with Crippen LogP contribution in [0.15, 0.2) is 36.4 Å². The Morgan fingerprint density at radius 2 is 1.97 bits per heavy atom. The topological polar surface area (TPSA) is 52.6 Å². The highest BCUT2D eigenvalue weighted by Crippen LogP contribution is 2.58. The zero-order chi connectivity index (χ0) is 21.8. The van der Waals surface area contributed by atoms with Gasteiger partial charge in [0.2, 0.25) is 5.91 Å². The van der Waals surface area contributed by atoms with Crippen molar-refractivity contribution in [1.82, 2.24) is 4.90 Å². The summed E-state index contributed by atoms with van der Waals surface area (Å²) in [6.07, 6.45) is 5.04. The van der Waals surface area contributed by atoms with Crippen molar-refractivity contribution in [3.8, 4) is 0 Å². The second-order valence-electron chi connectivity index (χ2n) is 8.98. The third-order valence-electron chi connectivity index (χ3n) is 7.39. The highest BCUT2D eigenvalue weighted by atomic mass is 35.5. The van der Waals surface area contributed by atoms with E-state index in [0.717, 1.165) is 18.4 Å². The molecule has 1 spiro atoms. The smallest absolute Gasteiger partial charge is 0.250 e. The number of aliphatic hydroxyl groups excluding tert-OH is 1. The molecule has 5 rings (SSSR count). The number of aliphatic hydroxyl groups is 1. The second-order valence-corrected chi connectivity index (χ2v) is 9.82. The van der Waals surface area contributed by atoms with Crippen LogP contribution in [0.5, 0.6) is 0 Å². The lowest BCUT2D eigenvalue weighted by atomic mass is 9.75. The maximum absolute atomic E-state index is 15.3. The summed E-state index contributed by atoms with van der Waals surface area (Å²) >= 11 is 12.3. The highest BCUT2D eigenvalue weighted by Gasteiger charge is 2.63. The van der Waals surface area contributed by atoms with E-state index in [4.69, 9.17) is 23.2 Å². The van der Waals surface area contributed by atoms with Crippen molar-refractivity contribution < 1.29 is 14.3 Å². The van der Waals surface area contributed by atoms with E-state index in [1.165, 1.54) is 18.9 Å². The standard InChI is InChI=1S/C24H25Cl2FN2O2/c25-15-8-9-18-21(10-15)28-23(31)24(18)19(17-6-3-7-20(26)22(17)27)11-16(13-30)29(24)12-14-4-1-2-5-14/h3,6-10,14,16,19,30H,1-2,4-5,11-13H2,(H,28,31)/t16-,19-,24-/m1/s1. The van der Waals surface area contributed by atoms with Crippen LogP contribution in [0.4, 0.5) is 10.1 Å². The van der Waals surface area contributed by atoms with Crippen molar-refractivity contribution in [2.45, 2.75) is 49.6 Å². The number of rotatable bonds is 4. The molecule has 0 aromatic heterocycles. The number of anilines is 1. The summed E-state index contributed by atoms with van der Waals surface area (Å²) in [4.78, 5) is 15.9. The van der Waals surface area contributed by atoms with Crippen LogP contribution in [0.3, 0.4) is 0 Å². The molecule has 1 saturated heterocycles. The van der Waals surface area contributed by atoms with Gasteiger partial charge >= 0.3 is 0 Å². The van der Waals surface area contributed by atoms with E-state index in [9.17, 15) is 9.90 Å². The average Bonchev–Trinajstić information content (AvgIpc) is 3.44. The van der Waals surface area contributed by atoms with Gasteiger partial charge in [-0.3, -0.25) is 9.69 Å². The molecule has 2 aliphatic heterocycles. The fourth-order valence-electron chi connectivity index (χ4n) is 6.06. The predicted octanol–water partition coefficient (Wildman–Crippen LogP) is 5.32. The monoisotopic (exact) mass is 462 g/mol. The van der Waals surface area contributed by atoms with E-state index >= 15 is 4.39 Å². The molecule has 2 heterocycles. The molecule has 4 nitrogen and oxygen atoms in total. The third kappa shape index (κ3) is 3.20. The molecular weight excluding hydrogens is 438 g/mol. The van der Waals surface area contributed by atoms with Crippen LogP contribution >= 0.6 is 23.2 Å². The first-order chi connectivity index (χ1) is 15.0. The Morgan fingerprint density at radius 3 is 2.71 bits per heavy atom. The van der Waals surface area contributed by atoms with E-state index < -0.39 is 17.3 Å². The minimum Gasteiger partial charge on any atom is -0.395 e. The Bertz CT molecular complexity index is 1030. The van der Waals surface area contributed by atoms with E-state index in [-0.39, 0.29) is 23.6 Å². The summed E-state index contributed by atoms with van der Waals surface area (Å²) < 4.78 is 15.3. The lowest BCUT2D eigenvalue weighted by Crippen LogP contribution is -2.54. The number of amides is 1. The largest absolute Gasteiger partial charge is 0.395 e. The van der Waals surface area contributed by atoms with Gasteiger partial charge in [0.15, 0.2) is 0 Å². The summed E-state index contributed by atoms with van der Waals surface area (Å²) in [7, 11) is 0. The van der Waals surface area contributed by atoms with Gasteiger partial charge in [0.1, 0.15) is 11.4 Å². The normalized spacial score (nSPS) is 28.5. The van der Waals surface area contributed by atoms with Crippen molar-refractivity contribution in [3.63, 3.8) is 0 Å². The van der Waals surface area contributed by atoms with Crippen LogP contribution < -0.4 is 5.32 Å². The summed E-state index contributed by atoms with van der Waals surface area (Å²) in [5, 5.41) is 13.9. The van der Waals surface area contributed by atoms with E-state index in [1.807, 2.05) is 6.07 Å². The van der Waals surface area contributed by atoms with Crippen LogP contribution in [0.25, 0.3) is 0 Å². The van der Waals surface area contributed by atoms with Crippen LogP contribution in [0.2, 0.25) is 10.0 Å². The number of fused-ring (bicyclic) bond motifs is 2. The summed E-state index contributed by atoms with van der Waals surface area (Å²) in [5.41, 5.74) is 0.750. The lowest BCUT2D eigenvalue weighted by molar-refractivity contribution is -0.128. The number of benzene rings is 2. The Kier molecular flexibility index (Phi) is 5.50. The first-order valence-electron chi connectivity index (χ1n) is 10.9. The van der Waals surface area contributed by atoms with Gasteiger partial charge in [-0.1, -0.05) is 54.2 Å². The number of carbonyl (C=O) groups is 1. The summed E-state index contributed by atoms with van der Waals surface area (Å²) in [5.74, 6) is -0.712. The Hall–Kier alpha value is -1.66. The van der Waals surface area contributed by atoms with Crippen molar-refractivity contribution in [2.24, 2.45) is 5.92 Å². The van der Waals surface area contributed by atoms with Crippen molar-refractivity contribution >= 4 is 34.8 Å². The van der Waals surface area contributed by atoms with Gasteiger partial charge in [0, 0.05) is 34.8 Å². The second kappa shape index (κ2) is 8.04. The molecule has 2 aromatic rings. The Morgan fingerprint density at radius 1 is 1.19 bits per heavy atom. The van der Waals surface area contributed by atoms with Crippen LogP contribution in [-0.2, 0) is 10.3 Å². The van der Waals surface area contributed by atoms with Crippen molar-refractivity contribution in [3.05, 3.63) is 63.4 Å². The number of nitrogens with one attached hydrogen (secondary N) is 1. The average molecular weight is 463 g/mol. The molecule has 1 saturated carbocycles. The maximum atomic E-state index is 15.3. The molecule has 0 bridgehead atoms. The fourth-order valence-corrected chi connectivity index (χ4v) is 6.41. The molecule has 0 unspecified atom stereocenters. The van der Waals surface area contributed by atoms with Crippen molar-refractivity contribution in [2.75, 3.05) is 18.5 Å². The molecule has 1 aliphatic carbocycles. The minimum atomic E-state index is -1.11. The van der Waals surface area contributed by atoms with E-state index in [2.05, 4.69) is 10.2 Å². The molecule has 164 valence electrons. The Balaban J connectivity index is 1.71. The number of carbonyl (C=O) groups excluding carboxylic acids is 1. The number of likely N-dealkylation sites (tertiary alicyclic amines) is 1. The molecule has 7 heteroatoms. The lowest BCUT2D eigenvalue weighted by Gasteiger charge is -2.41. The molecule has 2 aromatic carbocycles. The van der Waals surface area contributed by atoms with Gasteiger partial charge in [0.25, 0.3) is 0 Å². The first kappa shape index (κ1) is 21.2. The number of hydrogen-bond donors (Lipinski definition) is 2. The third-order valence-corrected chi connectivity index (χ3v) is 7.92.